The minimum absolute atomic E-state index is 0.0294. The molecule has 0 bridgehead atoms. The number of ether oxygens (including phenoxy) is 1. The molecule has 0 spiro atoms. The fourth-order valence-corrected chi connectivity index (χ4v) is 1.96. The third kappa shape index (κ3) is 3.20. The maximum Gasteiger partial charge on any atom is 0.269 e. The quantitative estimate of drug-likeness (QED) is 0.395. The van der Waals surface area contributed by atoms with Crippen LogP contribution in [0.3, 0.4) is 0 Å². The smallest absolute Gasteiger partial charge is 0.269 e. The molecule has 0 aliphatic heterocycles. The van der Waals surface area contributed by atoms with Crippen molar-refractivity contribution >= 4 is 22.7 Å². The Labute approximate surface area is 127 Å². The third-order valence-electron chi connectivity index (χ3n) is 3.20. The Bertz CT molecular complexity index is 757. The van der Waals surface area contributed by atoms with Gasteiger partial charge in [0.15, 0.2) is 0 Å². The van der Waals surface area contributed by atoms with Gasteiger partial charge in [-0.05, 0) is 37.1 Å². The van der Waals surface area contributed by atoms with Crippen LogP contribution in [-0.4, -0.2) is 12.0 Å². The van der Waals surface area contributed by atoms with E-state index in [2.05, 4.69) is 10.2 Å². The number of aryl methyl sites for hydroxylation is 2. The molecule has 0 saturated carbocycles. The number of hydrogen-bond donors (Lipinski definition) is 1. The van der Waals surface area contributed by atoms with Crippen LogP contribution in [0.1, 0.15) is 11.1 Å². The van der Waals surface area contributed by atoms with Gasteiger partial charge >= 0.3 is 0 Å². The molecule has 0 unspecified atom stereocenters. The van der Waals surface area contributed by atoms with Gasteiger partial charge in [-0.15, -0.1) is 0 Å². The van der Waals surface area contributed by atoms with Gasteiger partial charge < -0.3 is 10.5 Å². The van der Waals surface area contributed by atoms with E-state index >= 15 is 0 Å². The summed E-state index contributed by atoms with van der Waals surface area (Å²) in [4.78, 5) is 10.3. The van der Waals surface area contributed by atoms with Gasteiger partial charge in [0.2, 0.25) is 0 Å². The number of anilines is 1. The van der Waals surface area contributed by atoms with Crippen LogP contribution in [0.25, 0.3) is 0 Å². The average Bonchev–Trinajstić information content (AvgIpc) is 2.47. The first-order valence-electron chi connectivity index (χ1n) is 6.53. The van der Waals surface area contributed by atoms with Gasteiger partial charge in [-0.25, -0.2) is 0 Å². The van der Waals surface area contributed by atoms with Gasteiger partial charge in [0.25, 0.3) is 5.69 Å². The summed E-state index contributed by atoms with van der Waals surface area (Å²) in [6.45, 7) is 3.62. The second-order valence-electron chi connectivity index (χ2n) is 4.81. The molecule has 0 saturated heterocycles. The minimum atomic E-state index is -0.442. The van der Waals surface area contributed by atoms with Crippen molar-refractivity contribution in [1.82, 2.24) is 0 Å². The number of nitrogens with zero attached hydrogens (tertiary/aromatic N) is 3. The number of nitro benzene ring substituents is 1. The fraction of sp³-hybridized carbons (Fsp3) is 0.200. The zero-order chi connectivity index (χ0) is 16.3. The van der Waals surface area contributed by atoms with Crippen molar-refractivity contribution in [2.45, 2.75) is 13.8 Å². The van der Waals surface area contributed by atoms with E-state index in [-0.39, 0.29) is 5.69 Å². The molecular formula is C15H16N4O3. The standard InChI is InChI=1S/C15H16N4O3/c1-9-6-11(19(20)21)4-5-13(9)17-18-14-8-15(22-3)12(16)7-10(14)2/h4-8H,16H2,1-3H3. The Kier molecular flexibility index (Phi) is 4.36. The largest absolute Gasteiger partial charge is 0.495 e. The summed E-state index contributed by atoms with van der Waals surface area (Å²) in [5.41, 5.74) is 9.12. The highest BCUT2D eigenvalue weighted by Crippen LogP contribution is 2.32. The molecule has 22 heavy (non-hydrogen) atoms. The molecule has 2 rings (SSSR count). The monoisotopic (exact) mass is 300 g/mol. The molecular weight excluding hydrogens is 284 g/mol. The van der Waals surface area contributed by atoms with E-state index in [0.717, 1.165) is 5.56 Å². The molecule has 0 amide bonds. The van der Waals surface area contributed by atoms with E-state index in [0.29, 0.717) is 28.4 Å². The van der Waals surface area contributed by atoms with Gasteiger partial charge in [-0.2, -0.15) is 10.2 Å². The summed E-state index contributed by atoms with van der Waals surface area (Å²) in [6, 6.07) is 7.90. The van der Waals surface area contributed by atoms with Crippen molar-refractivity contribution < 1.29 is 9.66 Å². The molecule has 2 aromatic rings. The second-order valence-corrected chi connectivity index (χ2v) is 4.81. The van der Waals surface area contributed by atoms with Gasteiger partial charge in [0.05, 0.1) is 29.1 Å². The average molecular weight is 300 g/mol. The Morgan fingerprint density at radius 1 is 1.09 bits per heavy atom. The minimum Gasteiger partial charge on any atom is -0.495 e. The van der Waals surface area contributed by atoms with Crippen molar-refractivity contribution in [1.29, 1.82) is 0 Å². The van der Waals surface area contributed by atoms with Crippen molar-refractivity contribution in [2.75, 3.05) is 12.8 Å². The number of non-ortho nitro benzene ring substituents is 1. The summed E-state index contributed by atoms with van der Waals surface area (Å²) >= 11 is 0. The lowest BCUT2D eigenvalue weighted by Gasteiger charge is -2.07. The highest BCUT2D eigenvalue weighted by Gasteiger charge is 2.08. The van der Waals surface area contributed by atoms with Crippen LogP contribution in [0.2, 0.25) is 0 Å². The van der Waals surface area contributed by atoms with Gasteiger partial charge in [-0.3, -0.25) is 10.1 Å². The first kappa shape index (κ1) is 15.4. The lowest BCUT2D eigenvalue weighted by molar-refractivity contribution is -0.384. The molecule has 0 fully saturated rings. The molecule has 7 nitrogen and oxygen atoms in total. The van der Waals surface area contributed by atoms with E-state index in [1.165, 1.54) is 19.2 Å². The molecule has 0 aliphatic carbocycles. The SMILES string of the molecule is COc1cc(N=Nc2ccc([N+](=O)[O-])cc2C)c(C)cc1N. The van der Waals surface area contributed by atoms with Gasteiger partial charge in [0, 0.05) is 18.2 Å². The van der Waals surface area contributed by atoms with Crippen molar-refractivity contribution in [3.63, 3.8) is 0 Å². The summed E-state index contributed by atoms with van der Waals surface area (Å²) < 4.78 is 5.16. The molecule has 0 aliphatic rings. The normalized spacial score (nSPS) is 10.9. The Balaban J connectivity index is 2.35. The lowest BCUT2D eigenvalue weighted by Crippen LogP contribution is -1.92. The summed E-state index contributed by atoms with van der Waals surface area (Å²) in [5.74, 6) is 0.528. The molecule has 7 heteroatoms. The van der Waals surface area contributed by atoms with E-state index in [1.807, 2.05) is 6.92 Å². The number of benzene rings is 2. The Morgan fingerprint density at radius 3 is 2.32 bits per heavy atom. The van der Waals surface area contributed by atoms with Gasteiger partial charge in [-0.1, -0.05) is 0 Å². The zero-order valence-corrected chi connectivity index (χ0v) is 12.5. The number of hydrogen-bond acceptors (Lipinski definition) is 6. The molecule has 0 radical (unpaired) electrons. The molecule has 0 aromatic heterocycles. The number of rotatable bonds is 4. The van der Waals surface area contributed by atoms with Crippen molar-refractivity contribution in [3.05, 3.63) is 51.6 Å². The van der Waals surface area contributed by atoms with Crippen LogP contribution in [0.4, 0.5) is 22.7 Å². The first-order chi connectivity index (χ1) is 10.4. The number of nitro groups is 1. The van der Waals surface area contributed by atoms with Crippen molar-refractivity contribution in [2.24, 2.45) is 10.2 Å². The van der Waals surface area contributed by atoms with E-state index in [4.69, 9.17) is 10.5 Å². The van der Waals surface area contributed by atoms with Crippen LogP contribution >= 0.6 is 0 Å². The highest BCUT2D eigenvalue weighted by molar-refractivity contribution is 5.63. The van der Waals surface area contributed by atoms with Gasteiger partial charge in [0.1, 0.15) is 5.75 Å². The van der Waals surface area contributed by atoms with E-state index in [9.17, 15) is 10.1 Å². The maximum absolute atomic E-state index is 10.7. The Hall–Kier alpha value is -2.96. The van der Waals surface area contributed by atoms with Crippen LogP contribution < -0.4 is 10.5 Å². The summed E-state index contributed by atoms with van der Waals surface area (Å²) in [5, 5.41) is 19.0. The number of azo groups is 1. The third-order valence-corrected chi connectivity index (χ3v) is 3.20. The van der Waals surface area contributed by atoms with E-state index in [1.54, 1.807) is 25.1 Å². The van der Waals surface area contributed by atoms with Crippen LogP contribution in [0, 0.1) is 24.0 Å². The van der Waals surface area contributed by atoms with Crippen LogP contribution in [-0.2, 0) is 0 Å². The highest BCUT2D eigenvalue weighted by atomic mass is 16.6. The zero-order valence-electron chi connectivity index (χ0n) is 12.5. The number of methoxy groups -OCH3 is 1. The topological polar surface area (TPSA) is 103 Å². The van der Waals surface area contributed by atoms with Crippen molar-refractivity contribution in [3.8, 4) is 5.75 Å². The predicted octanol–water partition coefficient (Wildman–Crippen LogP) is 4.22. The number of nitrogens with two attached hydrogens (primary N) is 1. The molecule has 0 atom stereocenters. The van der Waals surface area contributed by atoms with Crippen LogP contribution in [0.5, 0.6) is 5.75 Å². The fourth-order valence-electron chi connectivity index (χ4n) is 1.96. The summed E-state index contributed by atoms with van der Waals surface area (Å²) in [6.07, 6.45) is 0. The maximum atomic E-state index is 10.7. The first-order valence-corrected chi connectivity index (χ1v) is 6.53. The molecule has 2 aromatic carbocycles. The lowest BCUT2D eigenvalue weighted by atomic mass is 10.1. The summed E-state index contributed by atoms with van der Waals surface area (Å²) in [7, 11) is 1.53. The molecule has 0 heterocycles. The number of nitrogen functional groups attached to an aromatic ring is 1. The molecule has 114 valence electrons. The Morgan fingerprint density at radius 2 is 1.73 bits per heavy atom. The van der Waals surface area contributed by atoms with Crippen LogP contribution in [0.15, 0.2) is 40.6 Å². The predicted molar refractivity (Wildman–Crippen MR) is 84.2 cm³/mol. The second kappa shape index (κ2) is 6.21. The molecule has 2 N–H and O–H groups in total. The van der Waals surface area contributed by atoms with E-state index < -0.39 is 4.92 Å².